The Morgan fingerprint density at radius 3 is 2.68 bits per heavy atom. The SMILES string of the molecule is CN(C)CCCOc1ccc(-c2nnc(CSCc3cnc4ccccc4c3)o2)cc1. The lowest BCUT2D eigenvalue weighted by molar-refractivity contribution is 0.281. The molecule has 2 aromatic carbocycles. The van der Waals surface area contributed by atoms with Crippen LogP contribution in [0.15, 0.2) is 65.2 Å². The molecule has 0 amide bonds. The molecule has 0 aliphatic carbocycles. The van der Waals surface area contributed by atoms with Crippen LogP contribution >= 0.6 is 11.8 Å². The number of ether oxygens (including phenoxy) is 1. The van der Waals surface area contributed by atoms with E-state index >= 15 is 0 Å². The molecule has 0 atom stereocenters. The molecule has 0 saturated heterocycles. The third kappa shape index (κ3) is 6.06. The van der Waals surface area contributed by atoms with Crippen molar-refractivity contribution < 1.29 is 9.15 Å². The van der Waals surface area contributed by atoms with Crippen molar-refractivity contribution in [1.82, 2.24) is 20.1 Å². The Bertz CT molecular complexity index is 1110. The highest BCUT2D eigenvalue weighted by Gasteiger charge is 2.09. The predicted octanol–water partition coefficient (Wildman–Crippen LogP) is 5.05. The topological polar surface area (TPSA) is 64.3 Å². The highest BCUT2D eigenvalue weighted by Crippen LogP contribution is 2.24. The van der Waals surface area contributed by atoms with E-state index in [2.05, 4.69) is 46.3 Å². The van der Waals surface area contributed by atoms with Gasteiger partial charge in [0.1, 0.15) is 5.75 Å². The third-order valence-electron chi connectivity index (χ3n) is 4.73. The lowest BCUT2D eigenvalue weighted by atomic mass is 10.2. The summed E-state index contributed by atoms with van der Waals surface area (Å²) in [6.45, 7) is 1.71. The summed E-state index contributed by atoms with van der Waals surface area (Å²) in [7, 11) is 4.12. The molecule has 7 heteroatoms. The summed E-state index contributed by atoms with van der Waals surface area (Å²) in [5.41, 5.74) is 3.09. The van der Waals surface area contributed by atoms with Gasteiger partial charge in [-0.05, 0) is 62.5 Å². The number of aromatic nitrogens is 3. The van der Waals surface area contributed by atoms with Gasteiger partial charge in [0.15, 0.2) is 0 Å². The van der Waals surface area contributed by atoms with E-state index in [1.54, 1.807) is 11.8 Å². The average Bonchev–Trinajstić information content (AvgIpc) is 3.26. The number of hydrogen-bond donors (Lipinski definition) is 0. The predicted molar refractivity (Wildman–Crippen MR) is 125 cm³/mol. The van der Waals surface area contributed by atoms with Gasteiger partial charge in [0.2, 0.25) is 11.8 Å². The Hall–Kier alpha value is -2.90. The average molecular weight is 435 g/mol. The van der Waals surface area contributed by atoms with Crippen molar-refractivity contribution in [3.05, 3.63) is 72.2 Å². The first-order valence-electron chi connectivity index (χ1n) is 10.3. The van der Waals surface area contributed by atoms with E-state index in [4.69, 9.17) is 9.15 Å². The van der Waals surface area contributed by atoms with Crippen LogP contribution in [-0.4, -0.2) is 47.3 Å². The van der Waals surface area contributed by atoms with E-state index < -0.39 is 0 Å². The molecule has 2 aromatic heterocycles. The lowest BCUT2D eigenvalue weighted by Gasteiger charge is -2.10. The fourth-order valence-electron chi connectivity index (χ4n) is 3.14. The smallest absolute Gasteiger partial charge is 0.247 e. The Kier molecular flexibility index (Phi) is 7.17. The second-order valence-electron chi connectivity index (χ2n) is 7.56. The highest BCUT2D eigenvalue weighted by atomic mass is 32.2. The van der Waals surface area contributed by atoms with Crippen LogP contribution in [0, 0.1) is 0 Å². The van der Waals surface area contributed by atoms with Gasteiger partial charge in [-0.25, -0.2) is 0 Å². The quantitative estimate of drug-likeness (QED) is 0.324. The maximum atomic E-state index is 5.84. The van der Waals surface area contributed by atoms with Crippen molar-refractivity contribution >= 4 is 22.7 Å². The summed E-state index contributed by atoms with van der Waals surface area (Å²) in [6.07, 6.45) is 2.92. The number of hydrogen-bond acceptors (Lipinski definition) is 7. The number of nitrogens with zero attached hydrogens (tertiary/aromatic N) is 4. The molecule has 0 fully saturated rings. The van der Waals surface area contributed by atoms with Gasteiger partial charge in [-0.3, -0.25) is 4.98 Å². The molecule has 160 valence electrons. The molecule has 6 nitrogen and oxygen atoms in total. The van der Waals surface area contributed by atoms with E-state index in [-0.39, 0.29) is 0 Å². The summed E-state index contributed by atoms with van der Waals surface area (Å²) in [6, 6.07) is 18.1. The monoisotopic (exact) mass is 434 g/mol. The third-order valence-corrected chi connectivity index (χ3v) is 5.72. The van der Waals surface area contributed by atoms with Gasteiger partial charge < -0.3 is 14.1 Å². The van der Waals surface area contributed by atoms with Crippen LogP contribution in [0.3, 0.4) is 0 Å². The minimum atomic E-state index is 0.530. The molecule has 4 aromatic rings. The van der Waals surface area contributed by atoms with Crippen LogP contribution in [0.2, 0.25) is 0 Å². The highest BCUT2D eigenvalue weighted by molar-refractivity contribution is 7.97. The van der Waals surface area contributed by atoms with Gasteiger partial charge in [-0.15, -0.1) is 22.0 Å². The van der Waals surface area contributed by atoms with E-state index in [1.165, 1.54) is 5.56 Å². The first kappa shape index (κ1) is 21.3. The fourth-order valence-corrected chi connectivity index (χ4v) is 3.93. The van der Waals surface area contributed by atoms with E-state index in [0.29, 0.717) is 24.1 Å². The first-order chi connectivity index (χ1) is 15.2. The summed E-state index contributed by atoms with van der Waals surface area (Å²) in [5, 5.41) is 9.53. The van der Waals surface area contributed by atoms with Crippen molar-refractivity contribution in [2.24, 2.45) is 0 Å². The second-order valence-corrected chi connectivity index (χ2v) is 8.55. The zero-order valence-electron chi connectivity index (χ0n) is 17.8. The van der Waals surface area contributed by atoms with Gasteiger partial charge in [-0.2, -0.15) is 0 Å². The zero-order chi connectivity index (χ0) is 21.5. The Morgan fingerprint density at radius 2 is 1.84 bits per heavy atom. The Morgan fingerprint density at radius 1 is 1.00 bits per heavy atom. The molecule has 0 aliphatic heterocycles. The molecule has 0 N–H and O–H groups in total. The van der Waals surface area contributed by atoms with E-state index in [9.17, 15) is 0 Å². The Balaban J connectivity index is 1.27. The fraction of sp³-hybridized carbons (Fsp3) is 0.292. The minimum absolute atomic E-state index is 0.530. The molecule has 0 unspecified atom stereocenters. The minimum Gasteiger partial charge on any atom is -0.494 e. The summed E-state index contributed by atoms with van der Waals surface area (Å²) in [4.78, 5) is 6.66. The van der Waals surface area contributed by atoms with Crippen LogP contribution in [0.25, 0.3) is 22.4 Å². The molecule has 0 radical (unpaired) electrons. The van der Waals surface area contributed by atoms with Gasteiger partial charge >= 0.3 is 0 Å². The van der Waals surface area contributed by atoms with Crippen LogP contribution in [0.1, 0.15) is 17.9 Å². The molecular weight excluding hydrogens is 408 g/mol. The van der Waals surface area contributed by atoms with E-state index in [0.717, 1.165) is 40.9 Å². The Labute approximate surface area is 186 Å². The van der Waals surface area contributed by atoms with E-state index in [1.807, 2.05) is 48.7 Å². The molecule has 0 spiro atoms. The molecule has 0 saturated carbocycles. The first-order valence-corrected chi connectivity index (χ1v) is 11.4. The standard InChI is InChI=1S/C24H26N4O2S/c1-28(2)12-5-13-29-21-10-8-19(9-11-21)24-27-26-23(30-24)17-31-16-18-14-20-6-3-4-7-22(20)25-15-18/h3-4,6-11,14-15H,5,12-13,16-17H2,1-2H3. The number of thioether (sulfide) groups is 1. The molecule has 31 heavy (non-hydrogen) atoms. The van der Waals surface area contributed by atoms with Crippen molar-refractivity contribution in [1.29, 1.82) is 0 Å². The molecule has 0 aliphatic rings. The zero-order valence-corrected chi connectivity index (χ0v) is 18.6. The number of rotatable bonds is 10. The molecule has 2 heterocycles. The maximum Gasteiger partial charge on any atom is 0.247 e. The van der Waals surface area contributed by atoms with Gasteiger partial charge in [0, 0.05) is 29.4 Å². The number of para-hydroxylation sites is 1. The number of fused-ring (bicyclic) bond motifs is 1. The molecular formula is C24H26N4O2S. The van der Waals surface area contributed by atoms with Gasteiger partial charge in [-0.1, -0.05) is 18.2 Å². The molecule has 4 rings (SSSR count). The van der Waals surface area contributed by atoms with Gasteiger partial charge in [0.05, 0.1) is 17.9 Å². The van der Waals surface area contributed by atoms with Crippen molar-refractivity contribution in [3.63, 3.8) is 0 Å². The van der Waals surface area contributed by atoms with Crippen molar-refractivity contribution in [3.8, 4) is 17.2 Å². The van der Waals surface area contributed by atoms with Crippen LogP contribution < -0.4 is 4.74 Å². The largest absolute Gasteiger partial charge is 0.494 e. The lowest BCUT2D eigenvalue weighted by Crippen LogP contribution is -2.15. The van der Waals surface area contributed by atoms with Crippen LogP contribution in [0.5, 0.6) is 5.75 Å². The van der Waals surface area contributed by atoms with Crippen LogP contribution in [-0.2, 0) is 11.5 Å². The van der Waals surface area contributed by atoms with Crippen molar-refractivity contribution in [2.75, 3.05) is 27.2 Å². The molecule has 0 bridgehead atoms. The summed E-state index contributed by atoms with van der Waals surface area (Å²) in [5.74, 6) is 3.50. The maximum absolute atomic E-state index is 5.84. The van der Waals surface area contributed by atoms with Gasteiger partial charge in [0.25, 0.3) is 0 Å². The van der Waals surface area contributed by atoms with Crippen LogP contribution in [0.4, 0.5) is 0 Å². The van der Waals surface area contributed by atoms with Crippen molar-refractivity contribution in [2.45, 2.75) is 17.9 Å². The number of pyridine rings is 1. The summed E-state index contributed by atoms with van der Waals surface area (Å²) < 4.78 is 11.6. The normalized spacial score (nSPS) is 11.3. The summed E-state index contributed by atoms with van der Waals surface area (Å²) >= 11 is 1.73. The number of benzene rings is 2. The second kappa shape index (κ2) is 10.4.